The van der Waals surface area contributed by atoms with E-state index in [2.05, 4.69) is 36.9 Å². The Labute approximate surface area is 157 Å². The summed E-state index contributed by atoms with van der Waals surface area (Å²) < 4.78 is 3.94. The molecule has 2 aliphatic rings. The Morgan fingerprint density at radius 2 is 1.93 bits per heavy atom. The predicted octanol–water partition coefficient (Wildman–Crippen LogP) is 2.07. The van der Waals surface area contributed by atoms with Gasteiger partial charge in [0.2, 0.25) is 5.91 Å². The number of hydrogen-bond acceptors (Lipinski definition) is 4. The van der Waals surface area contributed by atoms with Gasteiger partial charge >= 0.3 is 0 Å². The van der Waals surface area contributed by atoms with E-state index in [-0.39, 0.29) is 18.0 Å². The molecule has 7 nitrogen and oxygen atoms in total. The number of nitrogens with zero attached hydrogens (tertiary/aromatic N) is 6. The Morgan fingerprint density at radius 3 is 2.70 bits per heavy atom. The molecule has 27 heavy (non-hydrogen) atoms. The normalized spacial score (nSPS) is 21.1. The minimum Gasteiger partial charge on any atom is -0.333 e. The molecule has 0 radical (unpaired) electrons. The number of aryl methyl sites for hydroxylation is 1. The van der Waals surface area contributed by atoms with Gasteiger partial charge < -0.3 is 9.47 Å². The highest BCUT2D eigenvalue weighted by Crippen LogP contribution is 2.33. The van der Waals surface area contributed by atoms with Crippen LogP contribution in [0, 0.1) is 6.92 Å². The van der Waals surface area contributed by atoms with Gasteiger partial charge in [-0.3, -0.25) is 9.48 Å². The van der Waals surface area contributed by atoms with E-state index >= 15 is 0 Å². The standard InChI is InChI=1S/C20H22N6O/c1-14-9-10-24(23-14)13-19(27)26-16-7-8-17(26)12-25-18(11-16)21-22-20(25)15-5-3-2-4-6-15/h2-6,9-10,16-17H,7-8,11-13H2,1H3/t16-,17+/m0/s1. The molecule has 0 unspecified atom stereocenters. The molecule has 2 aliphatic heterocycles. The zero-order valence-corrected chi connectivity index (χ0v) is 15.3. The van der Waals surface area contributed by atoms with Gasteiger partial charge in [-0.1, -0.05) is 30.3 Å². The van der Waals surface area contributed by atoms with Crippen molar-refractivity contribution in [2.75, 3.05) is 0 Å². The second kappa shape index (κ2) is 6.33. The number of fused-ring (bicyclic) bond motifs is 3. The van der Waals surface area contributed by atoms with Crippen LogP contribution in [0.4, 0.5) is 0 Å². The Kier molecular flexibility index (Phi) is 3.81. The van der Waals surface area contributed by atoms with Crippen molar-refractivity contribution in [1.82, 2.24) is 29.4 Å². The van der Waals surface area contributed by atoms with Crippen LogP contribution in [-0.4, -0.2) is 47.4 Å². The second-order valence-corrected chi connectivity index (χ2v) is 7.46. The molecule has 0 N–H and O–H groups in total. The monoisotopic (exact) mass is 362 g/mol. The number of amides is 1. The fourth-order valence-electron chi connectivity index (χ4n) is 4.42. The van der Waals surface area contributed by atoms with Crippen LogP contribution in [0.1, 0.15) is 24.4 Å². The van der Waals surface area contributed by atoms with Crippen LogP contribution in [0.15, 0.2) is 42.6 Å². The van der Waals surface area contributed by atoms with Gasteiger partial charge in [-0.25, -0.2) is 0 Å². The number of carbonyl (C=O) groups excluding carboxylic acids is 1. The third kappa shape index (κ3) is 2.83. The van der Waals surface area contributed by atoms with Crippen molar-refractivity contribution in [3.05, 3.63) is 54.1 Å². The van der Waals surface area contributed by atoms with Crippen molar-refractivity contribution < 1.29 is 4.79 Å². The highest BCUT2D eigenvalue weighted by molar-refractivity contribution is 5.77. The molecule has 0 spiro atoms. The molecule has 4 heterocycles. The summed E-state index contributed by atoms with van der Waals surface area (Å²) in [6.45, 7) is 2.99. The summed E-state index contributed by atoms with van der Waals surface area (Å²) in [6, 6.07) is 12.5. The Morgan fingerprint density at radius 1 is 1.11 bits per heavy atom. The van der Waals surface area contributed by atoms with Gasteiger partial charge in [-0.2, -0.15) is 5.10 Å². The van der Waals surface area contributed by atoms with Gasteiger partial charge in [0.15, 0.2) is 5.82 Å². The molecule has 1 fully saturated rings. The van der Waals surface area contributed by atoms with Gasteiger partial charge in [-0.15, -0.1) is 10.2 Å². The van der Waals surface area contributed by atoms with Crippen molar-refractivity contribution in [3.8, 4) is 11.4 Å². The summed E-state index contributed by atoms with van der Waals surface area (Å²) in [7, 11) is 0. The molecule has 0 aliphatic carbocycles. The minimum absolute atomic E-state index is 0.144. The fourth-order valence-corrected chi connectivity index (χ4v) is 4.42. The molecule has 1 aromatic carbocycles. The van der Waals surface area contributed by atoms with Gasteiger partial charge in [0, 0.05) is 30.8 Å². The number of aromatic nitrogens is 5. The van der Waals surface area contributed by atoms with Crippen LogP contribution in [-0.2, 0) is 24.3 Å². The Balaban J connectivity index is 1.42. The molecule has 2 atom stereocenters. The van der Waals surface area contributed by atoms with Crippen LogP contribution in [0.2, 0.25) is 0 Å². The molecular weight excluding hydrogens is 340 g/mol. The number of benzene rings is 1. The highest BCUT2D eigenvalue weighted by Gasteiger charge is 2.41. The molecule has 138 valence electrons. The van der Waals surface area contributed by atoms with Crippen LogP contribution >= 0.6 is 0 Å². The highest BCUT2D eigenvalue weighted by atomic mass is 16.2. The van der Waals surface area contributed by atoms with E-state index in [1.165, 1.54) is 0 Å². The molecule has 2 bridgehead atoms. The van der Waals surface area contributed by atoms with Gasteiger partial charge in [0.05, 0.1) is 11.7 Å². The van der Waals surface area contributed by atoms with E-state index in [9.17, 15) is 4.79 Å². The van der Waals surface area contributed by atoms with E-state index in [1.807, 2.05) is 37.4 Å². The fraction of sp³-hybridized carbons (Fsp3) is 0.400. The zero-order chi connectivity index (χ0) is 18.4. The van der Waals surface area contributed by atoms with Gasteiger partial charge in [0.25, 0.3) is 0 Å². The maximum Gasteiger partial charge on any atom is 0.244 e. The largest absolute Gasteiger partial charge is 0.333 e. The maximum atomic E-state index is 13.0. The lowest BCUT2D eigenvalue weighted by atomic mass is 10.1. The van der Waals surface area contributed by atoms with E-state index in [0.29, 0.717) is 6.54 Å². The SMILES string of the molecule is Cc1ccn(CC(=O)N2[C@@H]3CC[C@H]2Cc2nnc(-c4ccccc4)n2C3)n1. The average molecular weight is 362 g/mol. The summed E-state index contributed by atoms with van der Waals surface area (Å²) >= 11 is 0. The van der Waals surface area contributed by atoms with Crippen molar-refractivity contribution in [2.45, 2.75) is 51.4 Å². The molecule has 0 saturated carbocycles. The smallest absolute Gasteiger partial charge is 0.244 e. The average Bonchev–Trinajstić information content (AvgIpc) is 3.33. The maximum absolute atomic E-state index is 13.0. The lowest BCUT2D eigenvalue weighted by Gasteiger charge is -2.28. The van der Waals surface area contributed by atoms with E-state index in [1.54, 1.807) is 4.68 Å². The quantitative estimate of drug-likeness (QED) is 0.715. The minimum atomic E-state index is 0.144. The van der Waals surface area contributed by atoms with E-state index in [0.717, 1.165) is 48.7 Å². The molecule has 7 heteroatoms. The van der Waals surface area contributed by atoms with Crippen molar-refractivity contribution in [3.63, 3.8) is 0 Å². The van der Waals surface area contributed by atoms with Gasteiger partial charge in [-0.05, 0) is 25.8 Å². The van der Waals surface area contributed by atoms with Crippen LogP contribution in [0.25, 0.3) is 11.4 Å². The molecule has 2 aromatic heterocycles. The summed E-state index contributed by atoms with van der Waals surface area (Å²) in [5, 5.41) is 13.3. The second-order valence-electron chi connectivity index (χ2n) is 7.46. The topological polar surface area (TPSA) is 68.8 Å². The first-order chi connectivity index (χ1) is 13.2. The van der Waals surface area contributed by atoms with E-state index in [4.69, 9.17) is 0 Å². The first-order valence-corrected chi connectivity index (χ1v) is 9.48. The number of rotatable bonds is 3. The first kappa shape index (κ1) is 16.2. The number of hydrogen-bond donors (Lipinski definition) is 0. The van der Waals surface area contributed by atoms with Crippen LogP contribution in [0.5, 0.6) is 0 Å². The summed E-state index contributed by atoms with van der Waals surface area (Å²) in [5.74, 6) is 2.02. The summed E-state index contributed by atoms with van der Waals surface area (Å²) in [6.07, 6.45) is 4.69. The summed E-state index contributed by atoms with van der Waals surface area (Å²) in [5.41, 5.74) is 2.00. The Bertz CT molecular complexity index is 976. The first-order valence-electron chi connectivity index (χ1n) is 9.48. The number of carbonyl (C=O) groups is 1. The van der Waals surface area contributed by atoms with Crippen molar-refractivity contribution in [2.24, 2.45) is 0 Å². The molecule has 3 aromatic rings. The van der Waals surface area contributed by atoms with Gasteiger partial charge in [0.1, 0.15) is 12.4 Å². The lowest BCUT2D eigenvalue weighted by molar-refractivity contribution is -0.135. The van der Waals surface area contributed by atoms with E-state index < -0.39 is 0 Å². The van der Waals surface area contributed by atoms with Crippen LogP contribution < -0.4 is 0 Å². The Hall–Kier alpha value is -2.96. The molecule has 5 rings (SSSR count). The van der Waals surface area contributed by atoms with Crippen molar-refractivity contribution in [1.29, 1.82) is 0 Å². The van der Waals surface area contributed by atoms with Crippen molar-refractivity contribution >= 4 is 5.91 Å². The summed E-state index contributed by atoms with van der Waals surface area (Å²) in [4.78, 5) is 15.1. The predicted molar refractivity (Wildman–Crippen MR) is 99.8 cm³/mol. The third-order valence-corrected chi connectivity index (χ3v) is 5.65. The lowest BCUT2D eigenvalue weighted by Crippen LogP contribution is -2.43. The molecule has 1 amide bonds. The zero-order valence-electron chi connectivity index (χ0n) is 15.3. The van der Waals surface area contributed by atoms with Crippen LogP contribution in [0.3, 0.4) is 0 Å². The molecule has 1 saturated heterocycles. The molecular formula is C20H22N6O. The third-order valence-electron chi connectivity index (χ3n) is 5.65.